The fourth-order valence-electron chi connectivity index (χ4n) is 4.07. The number of ether oxygens (including phenoxy) is 1. The van der Waals surface area contributed by atoms with Crippen LogP contribution in [0, 0.1) is 0 Å². The monoisotopic (exact) mass is 453 g/mol. The van der Waals surface area contributed by atoms with Gasteiger partial charge >= 0.3 is 0 Å². The van der Waals surface area contributed by atoms with E-state index in [1.165, 1.54) is 0 Å². The molecule has 6 heteroatoms. The van der Waals surface area contributed by atoms with E-state index >= 15 is 0 Å². The van der Waals surface area contributed by atoms with Crippen molar-refractivity contribution in [1.82, 2.24) is 15.0 Å². The quantitative estimate of drug-likeness (QED) is 0.347. The molecule has 1 fully saturated rings. The van der Waals surface area contributed by atoms with E-state index in [0.717, 1.165) is 51.5 Å². The van der Waals surface area contributed by atoms with Crippen LogP contribution in [0.15, 0.2) is 77.7 Å². The number of aromatic amines is 1. The Hall–Kier alpha value is -3.54. The predicted octanol–water partition coefficient (Wildman–Crippen LogP) is 6.14. The van der Waals surface area contributed by atoms with Crippen LogP contribution in [0.2, 0.25) is 5.02 Å². The lowest BCUT2D eigenvalue weighted by Gasteiger charge is -2.13. The van der Waals surface area contributed by atoms with Crippen LogP contribution < -0.4 is 5.56 Å². The molecule has 1 aliphatic rings. The second-order valence-electron chi connectivity index (χ2n) is 8.36. The molecule has 0 spiro atoms. The average Bonchev–Trinajstić information content (AvgIpc) is 3.67. The minimum atomic E-state index is -0.165. The molecule has 33 heavy (non-hydrogen) atoms. The summed E-state index contributed by atoms with van der Waals surface area (Å²) < 4.78 is 5.78. The number of nitrogens with one attached hydrogen (secondary N) is 1. The SMILES string of the molecule is O=c1[nH]c2nc(-c3ccccc3)c(-c3cc(Cl)c4ncccc4c3)cc2cc1COC1CC1. The van der Waals surface area contributed by atoms with Gasteiger partial charge in [0.25, 0.3) is 5.56 Å². The average molecular weight is 454 g/mol. The van der Waals surface area contributed by atoms with Crippen LogP contribution in [-0.4, -0.2) is 21.1 Å². The lowest BCUT2D eigenvalue weighted by Crippen LogP contribution is -2.14. The van der Waals surface area contributed by atoms with Crippen LogP contribution in [0.3, 0.4) is 0 Å². The van der Waals surface area contributed by atoms with Crippen LogP contribution >= 0.6 is 11.6 Å². The molecular weight excluding hydrogens is 434 g/mol. The van der Waals surface area contributed by atoms with Gasteiger partial charge in [0.1, 0.15) is 5.65 Å². The molecule has 5 nitrogen and oxygen atoms in total. The summed E-state index contributed by atoms with van der Waals surface area (Å²) in [6.45, 7) is 0.305. The molecule has 3 aromatic heterocycles. The van der Waals surface area contributed by atoms with Gasteiger partial charge in [0.2, 0.25) is 0 Å². The summed E-state index contributed by atoms with van der Waals surface area (Å²) in [6.07, 6.45) is 4.15. The zero-order valence-electron chi connectivity index (χ0n) is 17.7. The van der Waals surface area contributed by atoms with E-state index in [1.807, 2.05) is 54.6 Å². The summed E-state index contributed by atoms with van der Waals surface area (Å²) >= 11 is 6.60. The van der Waals surface area contributed by atoms with Crippen molar-refractivity contribution in [2.45, 2.75) is 25.6 Å². The maximum Gasteiger partial charge on any atom is 0.255 e. The number of H-pyrrole nitrogens is 1. The van der Waals surface area contributed by atoms with Gasteiger partial charge in [0, 0.05) is 33.7 Å². The van der Waals surface area contributed by atoms with Crippen molar-refractivity contribution in [3.05, 3.63) is 93.9 Å². The van der Waals surface area contributed by atoms with E-state index in [4.69, 9.17) is 21.3 Å². The van der Waals surface area contributed by atoms with Crippen LogP contribution in [-0.2, 0) is 11.3 Å². The van der Waals surface area contributed by atoms with Gasteiger partial charge in [-0.05, 0) is 48.7 Å². The third kappa shape index (κ3) is 3.90. The fourth-order valence-corrected chi connectivity index (χ4v) is 4.34. The first kappa shape index (κ1) is 20.1. The molecule has 0 unspecified atom stereocenters. The van der Waals surface area contributed by atoms with Crippen molar-refractivity contribution >= 4 is 33.5 Å². The van der Waals surface area contributed by atoms with Gasteiger partial charge in [-0.3, -0.25) is 9.78 Å². The maximum absolute atomic E-state index is 12.7. The molecule has 5 aromatic rings. The second kappa shape index (κ2) is 8.10. The highest BCUT2D eigenvalue weighted by Gasteiger charge is 2.22. The summed E-state index contributed by atoms with van der Waals surface area (Å²) in [5.74, 6) is 0. The number of aromatic nitrogens is 3. The smallest absolute Gasteiger partial charge is 0.255 e. The minimum absolute atomic E-state index is 0.165. The van der Waals surface area contributed by atoms with Crippen LogP contribution in [0.5, 0.6) is 0 Å². The first-order valence-electron chi connectivity index (χ1n) is 10.9. The highest BCUT2D eigenvalue weighted by molar-refractivity contribution is 6.35. The Morgan fingerprint density at radius 1 is 0.970 bits per heavy atom. The van der Waals surface area contributed by atoms with Crippen molar-refractivity contribution in [1.29, 1.82) is 0 Å². The number of fused-ring (bicyclic) bond motifs is 2. The van der Waals surface area contributed by atoms with Crippen molar-refractivity contribution in [3.8, 4) is 22.4 Å². The molecule has 0 amide bonds. The normalized spacial score (nSPS) is 13.6. The number of pyridine rings is 3. The fraction of sp³-hybridized carbons (Fsp3) is 0.148. The Labute approximate surface area is 195 Å². The molecule has 0 atom stereocenters. The van der Waals surface area contributed by atoms with E-state index in [2.05, 4.69) is 22.1 Å². The van der Waals surface area contributed by atoms with Crippen molar-refractivity contribution in [3.63, 3.8) is 0 Å². The minimum Gasteiger partial charge on any atom is -0.373 e. The predicted molar refractivity (Wildman–Crippen MR) is 131 cm³/mol. The molecule has 1 aliphatic carbocycles. The Balaban J connectivity index is 1.57. The van der Waals surface area contributed by atoms with Gasteiger partial charge in [-0.15, -0.1) is 0 Å². The summed E-state index contributed by atoms with van der Waals surface area (Å²) in [5.41, 5.74) is 5.36. The molecule has 1 saturated carbocycles. The number of nitrogens with zero attached hydrogens (tertiary/aromatic N) is 2. The number of halogens is 1. The lowest BCUT2D eigenvalue weighted by atomic mass is 9.96. The summed E-state index contributed by atoms with van der Waals surface area (Å²) in [7, 11) is 0. The molecule has 162 valence electrons. The molecule has 6 rings (SSSR count). The zero-order valence-corrected chi connectivity index (χ0v) is 18.5. The lowest BCUT2D eigenvalue weighted by molar-refractivity contribution is 0.105. The summed E-state index contributed by atoms with van der Waals surface area (Å²) in [4.78, 5) is 24.9. The van der Waals surface area contributed by atoms with E-state index in [-0.39, 0.29) is 11.7 Å². The molecular formula is C27H20ClN3O2. The van der Waals surface area contributed by atoms with Crippen LogP contribution in [0.4, 0.5) is 0 Å². The Morgan fingerprint density at radius 3 is 2.64 bits per heavy atom. The van der Waals surface area contributed by atoms with Gasteiger partial charge in [-0.1, -0.05) is 48.0 Å². The Morgan fingerprint density at radius 2 is 1.82 bits per heavy atom. The van der Waals surface area contributed by atoms with Crippen molar-refractivity contribution in [2.24, 2.45) is 0 Å². The van der Waals surface area contributed by atoms with Gasteiger partial charge in [-0.2, -0.15) is 0 Å². The largest absolute Gasteiger partial charge is 0.373 e. The third-order valence-corrected chi connectivity index (χ3v) is 6.21. The third-order valence-electron chi connectivity index (χ3n) is 5.92. The van der Waals surface area contributed by atoms with Gasteiger partial charge in [-0.25, -0.2) is 4.98 Å². The first-order chi connectivity index (χ1) is 16.2. The van der Waals surface area contributed by atoms with E-state index in [1.54, 1.807) is 6.20 Å². The van der Waals surface area contributed by atoms with E-state index in [9.17, 15) is 4.79 Å². The first-order valence-corrected chi connectivity index (χ1v) is 11.3. The van der Waals surface area contributed by atoms with Gasteiger partial charge in [0.15, 0.2) is 0 Å². The number of hydrogen-bond acceptors (Lipinski definition) is 4. The van der Waals surface area contributed by atoms with Gasteiger partial charge < -0.3 is 9.72 Å². The van der Waals surface area contributed by atoms with Gasteiger partial charge in [0.05, 0.1) is 28.9 Å². The summed E-state index contributed by atoms with van der Waals surface area (Å²) in [5, 5.41) is 2.39. The Bertz CT molecular complexity index is 1560. The number of rotatable bonds is 5. The topological polar surface area (TPSA) is 67.9 Å². The zero-order chi connectivity index (χ0) is 22.4. The second-order valence-corrected chi connectivity index (χ2v) is 8.76. The standard InChI is InChI=1S/C27H20ClN3O2/c28-23-14-18(11-17-7-4-10-29-25(17)23)22-13-19-12-20(15-33-21-8-9-21)27(32)31-26(19)30-24(22)16-5-2-1-3-6-16/h1-7,10-14,21H,8-9,15H2,(H,30,31,32). The Kier molecular flexibility index (Phi) is 4.93. The van der Waals surface area contributed by atoms with Crippen LogP contribution in [0.1, 0.15) is 18.4 Å². The number of hydrogen-bond donors (Lipinski definition) is 1. The highest BCUT2D eigenvalue weighted by Crippen LogP contribution is 2.36. The molecule has 0 radical (unpaired) electrons. The van der Waals surface area contributed by atoms with E-state index in [0.29, 0.717) is 22.8 Å². The molecule has 0 saturated heterocycles. The van der Waals surface area contributed by atoms with Crippen molar-refractivity contribution < 1.29 is 4.74 Å². The summed E-state index contributed by atoms with van der Waals surface area (Å²) in [6, 6.07) is 21.8. The van der Waals surface area contributed by atoms with Crippen LogP contribution in [0.25, 0.3) is 44.3 Å². The van der Waals surface area contributed by atoms with Crippen molar-refractivity contribution in [2.75, 3.05) is 0 Å². The molecule has 0 aliphatic heterocycles. The molecule has 0 bridgehead atoms. The molecule has 1 N–H and O–H groups in total. The highest BCUT2D eigenvalue weighted by atomic mass is 35.5. The number of benzene rings is 2. The van der Waals surface area contributed by atoms with E-state index < -0.39 is 0 Å². The molecule has 3 heterocycles. The molecule has 2 aromatic carbocycles. The maximum atomic E-state index is 12.7.